The Morgan fingerprint density at radius 2 is 1.25 bits per heavy atom. The van der Waals surface area contributed by atoms with Crippen molar-refractivity contribution in [2.45, 2.75) is 27.7 Å². The Morgan fingerprint density at radius 1 is 0.750 bits per heavy atom. The van der Waals surface area contributed by atoms with Gasteiger partial charge in [0.1, 0.15) is 0 Å². The number of rotatable bonds is 3. The van der Waals surface area contributed by atoms with Gasteiger partial charge in [-0.15, -0.1) is 0 Å². The Hall–Kier alpha value is -2.22. The average molecular weight is 264 g/mol. The molecule has 0 heterocycles. The van der Waals surface area contributed by atoms with E-state index >= 15 is 0 Å². The minimum absolute atomic E-state index is 0.957. The molecule has 0 radical (unpaired) electrons. The van der Waals surface area contributed by atoms with E-state index < -0.39 is 0 Å². The van der Waals surface area contributed by atoms with Crippen molar-refractivity contribution < 1.29 is 0 Å². The number of hydrogen-bond donors (Lipinski definition) is 0. The van der Waals surface area contributed by atoms with Gasteiger partial charge >= 0.3 is 0 Å². The minimum Gasteiger partial charge on any atom is -0.159 e. The maximum Gasteiger partial charge on any atom is 0.0915 e. The van der Waals surface area contributed by atoms with E-state index in [1.807, 2.05) is 12.1 Å². The van der Waals surface area contributed by atoms with E-state index in [2.05, 4.69) is 68.3 Å². The van der Waals surface area contributed by atoms with Gasteiger partial charge in [-0.25, -0.2) is 0 Å². The summed E-state index contributed by atoms with van der Waals surface area (Å²) in [6.07, 6.45) is 3.78. The lowest BCUT2D eigenvalue weighted by Gasteiger charge is -2.03. The summed E-state index contributed by atoms with van der Waals surface area (Å²) in [7, 11) is 0. The molecule has 2 heteroatoms. The van der Waals surface area contributed by atoms with Crippen LogP contribution in [-0.2, 0) is 0 Å². The molecule has 0 aliphatic heterocycles. The predicted octanol–water partition coefficient (Wildman–Crippen LogP) is 5.67. The molecule has 0 saturated carbocycles. The van der Waals surface area contributed by atoms with Gasteiger partial charge in [0.15, 0.2) is 0 Å². The Morgan fingerprint density at radius 3 is 1.80 bits per heavy atom. The first-order valence-corrected chi connectivity index (χ1v) is 6.79. The van der Waals surface area contributed by atoms with Crippen LogP contribution >= 0.6 is 0 Å². The molecule has 0 aromatic heterocycles. The Kier molecular flexibility index (Phi) is 4.46. The van der Waals surface area contributed by atoms with Crippen LogP contribution in [0.4, 0.5) is 5.69 Å². The molecule has 20 heavy (non-hydrogen) atoms. The smallest absolute Gasteiger partial charge is 0.0915 e. The molecular weight excluding hydrogens is 244 g/mol. The van der Waals surface area contributed by atoms with Crippen LogP contribution in [0.25, 0.3) is 6.08 Å². The van der Waals surface area contributed by atoms with Crippen LogP contribution in [0.2, 0.25) is 0 Å². The fourth-order valence-electron chi connectivity index (χ4n) is 2.25. The van der Waals surface area contributed by atoms with Gasteiger partial charge < -0.3 is 0 Å². The summed E-state index contributed by atoms with van der Waals surface area (Å²) >= 11 is 0. The molecule has 2 nitrogen and oxygen atoms in total. The largest absolute Gasteiger partial charge is 0.159 e. The second-order valence-corrected chi connectivity index (χ2v) is 5.08. The van der Waals surface area contributed by atoms with Crippen molar-refractivity contribution in [2.75, 3.05) is 0 Å². The zero-order valence-corrected chi connectivity index (χ0v) is 12.5. The maximum absolute atomic E-state index is 4.32. The highest BCUT2D eigenvalue weighted by Crippen LogP contribution is 2.23. The van der Waals surface area contributed by atoms with Gasteiger partial charge in [-0.3, -0.25) is 0 Å². The summed E-state index contributed by atoms with van der Waals surface area (Å²) in [5.41, 5.74) is 6.97. The zero-order chi connectivity index (χ0) is 14.5. The van der Waals surface area contributed by atoms with E-state index in [1.165, 1.54) is 16.7 Å². The van der Waals surface area contributed by atoms with E-state index in [1.54, 1.807) is 6.20 Å². The fraction of sp³-hybridized carbons (Fsp3) is 0.222. The first-order valence-electron chi connectivity index (χ1n) is 6.79. The molecule has 0 atom stereocenters. The van der Waals surface area contributed by atoms with Crippen molar-refractivity contribution >= 4 is 11.8 Å². The first-order chi connectivity index (χ1) is 9.59. The van der Waals surface area contributed by atoms with E-state index in [-0.39, 0.29) is 0 Å². The number of benzene rings is 2. The molecule has 0 aliphatic carbocycles. The normalized spacial score (nSPS) is 11.6. The third kappa shape index (κ3) is 3.21. The highest BCUT2D eigenvalue weighted by Gasteiger charge is 1.99. The molecule has 0 N–H and O–H groups in total. The van der Waals surface area contributed by atoms with E-state index in [4.69, 9.17) is 0 Å². The molecular formula is C18H20N2. The zero-order valence-electron chi connectivity index (χ0n) is 12.5. The summed E-state index contributed by atoms with van der Waals surface area (Å²) in [6, 6.07) is 12.4. The van der Waals surface area contributed by atoms with Gasteiger partial charge in [0.2, 0.25) is 0 Å². The van der Waals surface area contributed by atoms with Crippen LogP contribution < -0.4 is 0 Å². The lowest BCUT2D eigenvalue weighted by Crippen LogP contribution is -1.84. The van der Waals surface area contributed by atoms with Crippen molar-refractivity contribution in [1.29, 1.82) is 0 Å². The molecule has 102 valence electrons. The summed E-state index contributed by atoms with van der Waals surface area (Å²) in [5, 5.41) is 8.50. The minimum atomic E-state index is 0.957. The highest BCUT2D eigenvalue weighted by atomic mass is 15.1. The summed E-state index contributed by atoms with van der Waals surface area (Å²) in [5.74, 6) is 0. The molecule has 0 aliphatic rings. The van der Waals surface area contributed by atoms with Crippen molar-refractivity contribution in [3.05, 3.63) is 70.4 Å². The lowest BCUT2D eigenvalue weighted by atomic mass is 10.0. The molecule has 0 fully saturated rings. The number of hydrogen-bond acceptors (Lipinski definition) is 2. The third-order valence-corrected chi connectivity index (χ3v) is 3.45. The first kappa shape index (κ1) is 14.2. The molecule has 0 saturated heterocycles. The molecule has 2 aromatic rings. The van der Waals surface area contributed by atoms with Crippen LogP contribution in [0.3, 0.4) is 0 Å². The number of nitrogens with zero attached hydrogens (tertiary/aromatic N) is 2. The van der Waals surface area contributed by atoms with Crippen LogP contribution in [0.5, 0.6) is 0 Å². The van der Waals surface area contributed by atoms with Crippen molar-refractivity contribution in [2.24, 2.45) is 10.2 Å². The Labute approximate surface area is 120 Å². The molecule has 0 bridgehead atoms. The second-order valence-electron chi connectivity index (χ2n) is 5.08. The average Bonchev–Trinajstić information content (AvgIpc) is 2.40. The van der Waals surface area contributed by atoms with Crippen LogP contribution in [0.1, 0.15) is 27.8 Å². The molecule has 0 spiro atoms. The number of aryl methyl sites for hydroxylation is 4. The van der Waals surface area contributed by atoms with Crippen LogP contribution in [-0.4, -0.2) is 0 Å². The van der Waals surface area contributed by atoms with Crippen LogP contribution in [0.15, 0.2) is 52.8 Å². The fourth-order valence-corrected chi connectivity index (χ4v) is 2.25. The molecule has 2 rings (SSSR count). The second kappa shape index (κ2) is 6.29. The lowest BCUT2D eigenvalue weighted by molar-refractivity contribution is 1.19. The predicted molar refractivity (Wildman–Crippen MR) is 85.4 cm³/mol. The van der Waals surface area contributed by atoms with Gasteiger partial charge in [-0.2, -0.15) is 10.2 Å². The molecule has 2 aromatic carbocycles. The molecule has 0 amide bonds. The highest BCUT2D eigenvalue weighted by molar-refractivity contribution is 5.57. The van der Waals surface area contributed by atoms with Gasteiger partial charge in [0.05, 0.1) is 11.9 Å². The standard InChI is InChI=1S/C18H20N2/c1-13-7-5-8-14(2)17(13)11-12-19-20-18-15(3)9-6-10-16(18)4/h5-12H,1-4H3. The number of azo groups is 1. The monoisotopic (exact) mass is 264 g/mol. The van der Waals surface area contributed by atoms with Crippen molar-refractivity contribution in [3.8, 4) is 0 Å². The van der Waals surface area contributed by atoms with Crippen LogP contribution in [0, 0.1) is 27.7 Å². The van der Waals surface area contributed by atoms with E-state index in [0.717, 1.165) is 16.8 Å². The molecule has 0 unspecified atom stereocenters. The van der Waals surface area contributed by atoms with E-state index in [0.29, 0.717) is 0 Å². The van der Waals surface area contributed by atoms with Crippen molar-refractivity contribution in [1.82, 2.24) is 0 Å². The van der Waals surface area contributed by atoms with Crippen molar-refractivity contribution in [3.63, 3.8) is 0 Å². The maximum atomic E-state index is 4.32. The summed E-state index contributed by atoms with van der Waals surface area (Å²) in [4.78, 5) is 0. The van der Waals surface area contributed by atoms with Gasteiger partial charge in [-0.1, -0.05) is 36.4 Å². The van der Waals surface area contributed by atoms with E-state index in [9.17, 15) is 0 Å². The Balaban J connectivity index is 2.20. The Bertz CT molecular complexity index is 567. The van der Waals surface area contributed by atoms with Gasteiger partial charge in [0.25, 0.3) is 0 Å². The SMILES string of the molecule is Cc1cccc(C)c1C=CN=Nc1c(C)cccc1C. The summed E-state index contributed by atoms with van der Waals surface area (Å²) < 4.78 is 0. The quantitative estimate of drug-likeness (QED) is 0.638. The topological polar surface area (TPSA) is 24.7 Å². The van der Waals surface area contributed by atoms with Gasteiger partial charge in [0, 0.05) is 0 Å². The summed E-state index contributed by atoms with van der Waals surface area (Å²) in [6.45, 7) is 8.32. The van der Waals surface area contributed by atoms with Gasteiger partial charge in [-0.05, 0) is 61.6 Å². The third-order valence-electron chi connectivity index (χ3n) is 3.45.